The number of anilines is 1. The Morgan fingerprint density at radius 2 is 2.05 bits per heavy atom. The van der Waals surface area contributed by atoms with E-state index in [2.05, 4.69) is 37.6 Å². The molecule has 1 aromatic heterocycles. The van der Waals surface area contributed by atoms with Gasteiger partial charge in [0.25, 0.3) is 0 Å². The first-order valence-corrected chi connectivity index (χ1v) is 8.20. The van der Waals surface area contributed by atoms with Gasteiger partial charge in [0.1, 0.15) is 5.82 Å². The molecular weight excluding hydrogens is 339 g/mol. The Morgan fingerprint density at radius 1 is 1.25 bits per heavy atom. The van der Waals surface area contributed by atoms with E-state index in [-0.39, 0.29) is 5.82 Å². The lowest BCUT2D eigenvalue weighted by Gasteiger charge is -2.20. The third-order valence-electron chi connectivity index (χ3n) is 3.00. The molecule has 1 aromatic carbocycles. The SMILES string of the molecule is CCNCc1cc(F)cc(N(C)Cc2csc(Br)c2)c1. The Labute approximate surface area is 131 Å². The Bertz CT molecular complexity index is 571. The number of rotatable bonds is 6. The Hall–Kier alpha value is -0.910. The lowest BCUT2D eigenvalue weighted by Crippen LogP contribution is -2.17. The number of thiophene rings is 1. The highest BCUT2D eigenvalue weighted by molar-refractivity contribution is 9.11. The van der Waals surface area contributed by atoms with Crippen molar-refractivity contribution in [2.45, 2.75) is 20.0 Å². The second-order valence-corrected chi connectivity index (χ2v) is 7.00. The lowest BCUT2D eigenvalue weighted by molar-refractivity contribution is 0.621. The van der Waals surface area contributed by atoms with Crippen LogP contribution in [-0.4, -0.2) is 13.6 Å². The third kappa shape index (κ3) is 4.30. The fourth-order valence-electron chi connectivity index (χ4n) is 2.02. The number of halogens is 2. The van der Waals surface area contributed by atoms with E-state index < -0.39 is 0 Å². The second kappa shape index (κ2) is 7.20. The fourth-order valence-corrected chi connectivity index (χ4v) is 3.22. The van der Waals surface area contributed by atoms with Crippen molar-refractivity contribution in [2.75, 3.05) is 18.5 Å². The topological polar surface area (TPSA) is 15.3 Å². The van der Waals surface area contributed by atoms with Gasteiger partial charge in [-0.15, -0.1) is 11.3 Å². The van der Waals surface area contributed by atoms with Crippen molar-refractivity contribution >= 4 is 33.0 Å². The Balaban J connectivity index is 2.12. The molecule has 108 valence electrons. The molecule has 2 rings (SSSR count). The van der Waals surface area contributed by atoms with Crippen LogP contribution in [0.3, 0.4) is 0 Å². The molecule has 2 aromatic rings. The summed E-state index contributed by atoms with van der Waals surface area (Å²) < 4.78 is 14.8. The first kappa shape index (κ1) is 15.5. The molecule has 0 unspecified atom stereocenters. The lowest BCUT2D eigenvalue weighted by atomic mass is 10.1. The minimum Gasteiger partial charge on any atom is -0.370 e. The van der Waals surface area contributed by atoms with Gasteiger partial charge in [0.15, 0.2) is 0 Å². The monoisotopic (exact) mass is 356 g/mol. The molecule has 1 N–H and O–H groups in total. The van der Waals surface area contributed by atoms with Crippen molar-refractivity contribution in [3.63, 3.8) is 0 Å². The average Bonchev–Trinajstić information content (AvgIpc) is 2.81. The zero-order chi connectivity index (χ0) is 14.5. The summed E-state index contributed by atoms with van der Waals surface area (Å²) in [6, 6.07) is 7.30. The summed E-state index contributed by atoms with van der Waals surface area (Å²) in [7, 11) is 1.98. The summed E-state index contributed by atoms with van der Waals surface area (Å²) in [5.74, 6) is -0.186. The van der Waals surface area contributed by atoms with Crippen LogP contribution in [0.25, 0.3) is 0 Å². The molecule has 1 heterocycles. The zero-order valence-electron chi connectivity index (χ0n) is 11.6. The highest BCUT2D eigenvalue weighted by atomic mass is 79.9. The van der Waals surface area contributed by atoms with Crippen LogP contribution in [0.5, 0.6) is 0 Å². The molecule has 0 saturated carbocycles. The quantitative estimate of drug-likeness (QED) is 0.825. The van der Waals surface area contributed by atoms with Gasteiger partial charge in [-0.1, -0.05) is 6.92 Å². The second-order valence-electron chi connectivity index (χ2n) is 4.71. The molecule has 0 aliphatic rings. The third-order valence-corrected chi connectivity index (χ3v) is 4.56. The van der Waals surface area contributed by atoms with Crippen molar-refractivity contribution in [1.82, 2.24) is 5.32 Å². The van der Waals surface area contributed by atoms with Crippen molar-refractivity contribution < 1.29 is 4.39 Å². The van der Waals surface area contributed by atoms with E-state index in [1.165, 1.54) is 5.56 Å². The van der Waals surface area contributed by atoms with Gasteiger partial charge in [-0.3, -0.25) is 0 Å². The van der Waals surface area contributed by atoms with Crippen molar-refractivity contribution in [2.24, 2.45) is 0 Å². The van der Waals surface area contributed by atoms with Crippen LogP contribution in [0.4, 0.5) is 10.1 Å². The van der Waals surface area contributed by atoms with Gasteiger partial charge >= 0.3 is 0 Å². The van der Waals surface area contributed by atoms with E-state index in [0.29, 0.717) is 6.54 Å². The molecule has 2 nitrogen and oxygen atoms in total. The maximum atomic E-state index is 13.7. The molecule has 0 bridgehead atoms. The predicted octanol–water partition coefficient (Wildman–Crippen LogP) is 4.40. The molecule has 0 radical (unpaired) electrons. The summed E-state index contributed by atoms with van der Waals surface area (Å²) >= 11 is 5.13. The minimum absolute atomic E-state index is 0.186. The predicted molar refractivity (Wildman–Crippen MR) is 87.9 cm³/mol. The first-order valence-electron chi connectivity index (χ1n) is 6.52. The molecule has 0 atom stereocenters. The number of nitrogens with one attached hydrogen (secondary N) is 1. The maximum Gasteiger partial charge on any atom is 0.125 e. The summed E-state index contributed by atoms with van der Waals surface area (Å²) in [5, 5.41) is 5.33. The Kier molecular flexibility index (Phi) is 5.57. The number of hydrogen-bond donors (Lipinski definition) is 1. The van der Waals surface area contributed by atoms with Crippen LogP contribution in [-0.2, 0) is 13.1 Å². The minimum atomic E-state index is -0.186. The van der Waals surface area contributed by atoms with Crippen LogP contribution in [0.2, 0.25) is 0 Å². The van der Waals surface area contributed by atoms with Gasteiger partial charge in [0, 0.05) is 25.8 Å². The summed E-state index contributed by atoms with van der Waals surface area (Å²) in [5.41, 5.74) is 3.10. The van der Waals surface area contributed by atoms with Crippen LogP contribution in [0, 0.1) is 5.82 Å². The van der Waals surface area contributed by atoms with Gasteiger partial charge in [-0.2, -0.15) is 0 Å². The number of nitrogens with zero attached hydrogens (tertiary/aromatic N) is 1. The number of hydrogen-bond acceptors (Lipinski definition) is 3. The van der Waals surface area contributed by atoms with Crippen LogP contribution in [0.1, 0.15) is 18.1 Å². The highest BCUT2D eigenvalue weighted by Crippen LogP contribution is 2.24. The Morgan fingerprint density at radius 3 is 2.70 bits per heavy atom. The normalized spacial score (nSPS) is 10.8. The van der Waals surface area contributed by atoms with E-state index in [0.717, 1.165) is 28.1 Å². The van der Waals surface area contributed by atoms with E-state index in [4.69, 9.17) is 0 Å². The van der Waals surface area contributed by atoms with Gasteiger partial charge in [0.05, 0.1) is 3.79 Å². The largest absolute Gasteiger partial charge is 0.370 e. The average molecular weight is 357 g/mol. The first-order chi connectivity index (χ1) is 9.58. The molecule has 0 fully saturated rings. The highest BCUT2D eigenvalue weighted by Gasteiger charge is 2.07. The molecule has 0 spiro atoms. The van der Waals surface area contributed by atoms with E-state index in [1.807, 2.05) is 20.0 Å². The summed E-state index contributed by atoms with van der Waals surface area (Å²) in [6.07, 6.45) is 0. The van der Waals surface area contributed by atoms with Crippen molar-refractivity contribution in [3.8, 4) is 0 Å². The molecular formula is C15H18BrFN2S. The van der Waals surface area contributed by atoms with Crippen LogP contribution in [0.15, 0.2) is 33.4 Å². The zero-order valence-corrected chi connectivity index (χ0v) is 14.0. The molecule has 0 saturated heterocycles. The van der Waals surface area contributed by atoms with E-state index in [9.17, 15) is 4.39 Å². The van der Waals surface area contributed by atoms with Crippen LogP contribution >= 0.6 is 27.3 Å². The van der Waals surface area contributed by atoms with Gasteiger partial charge < -0.3 is 10.2 Å². The van der Waals surface area contributed by atoms with Gasteiger partial charge in [-0.05, 0) is 63.2 Å². The standard InChI is InChI=1S/C15H18BrFN2S/c1-3-18-8-11-4-13(17)7-14(5-11)19(2)9-12-6-15(16)20-10-12/h4-7,10,18H,3,8-9H2,1-2H3. The van der Waals surface area contributed by atoms with E-state index in [1.54, 1.807) is 23.5 Å². The maximum absolute atomic E-state index is 13.7. The molecule has 5 heteroatoms. The smallest absolute Gasteiger partial charge is 0.125 e. The van der Waals surface area contributed by atoms with Gasteiger partial charge in [0.2, 0.25) is 0 Å². The molecule has 0 aliphatic carbocycles. The molecule has 0 aliphatic heterocycles. The summed E-state index contributed by atoms with van der Waals surface area (Å²) in [6.45, 7) is 4.39. The van der Waals surface area contributed by atoms with Crippen molar-refractivity contribution in [3.05, 3.63) is 50.4 Å². The summed E-state index contributed by atoms with van der Waals surface area (Å²) in [4.78, 5) is 2.06. The molecule has 20 heavy (non-hydrogen) atoms. The fraction of sp³-hybridized carbons (Fsp3) is 0.333. The van der Waals surface area contributed by atoms with Crippen molar-refractivity contribution in [1.29, 1.82) is 0 Å². The molecule has 0 amide bonds. The number of benzene rings is 1. The van der Waals surface area contributed by atoms with E-state index >= 15 is 0 Å². The van der Waals surface area contributed by atoms with Gasteiger partial charge in [-0.25, -0.2) is 4.39 Å². The van der Waals surface area contributed by atoms with Crippen LogP contribution < -0.4 is 10.2 Å².